The molecule has 4 rings (SSSR count). The van der Waals surface area contributed by atoms with Crippen molar-refractivity contribution in [3.8, 4) is 5.75 Å². The molecule has 212 valence electrons. The largest absolute Gasteiger partial charge is 0.505 e. The zero-order valence-electron chi connectivity index (χ0n) is 22.7. The summed E-state index contributed by atoms with van der Waals surface area (Å²) in [7, 11) is 6.62. The van der Waals surface area contributed by atoms with E-state index in [0.717, 1.165) is 0 Å². The van der Waals surface area contributed by atoms with E-state index in [9.17, 15) is 39.3 Å². The van der Waals surface area contributed by atoms with Crippen molar-refractivity contribution >= 4 is 40.4 Å². The fourth-order valence-corrected chi connectivity index (χ4v) is 6.56. The first-order chi connectivity index (χ1) is 18.2. The molecule has 0 spiro atoms. The lowest BCUT2D eigenvalue weighted by Gasteiger charge is -2.52. The summed E-state index contributed by atoms with van der Waals surface area (Å²) in [6, 6.07) is 0.517. The van der Waals surface area contributed by atoms with Crippen molar-refractivity contribution in [2.24, 2.45) is 29.4 Å². The lowest BCUT2D eigenvalue weighted by atomic mass is 9.52. The average Bonchev–Trinajstić information content (AvgIpc) is 2.84. The number of fused-ring (bicyclic) bond motifs is 3. The topological polar surface area (TPSA) is 191 Å². The number of phenolic OH excluding ortho intramolecular Hbond substituents is 1. The van der Waals surface area contributed by atoms with Crippen molar-refractivity contribution in [1.29, 1.82) is 0 Å². The summed E-state index contributed by atoms with van der Waals surface area (Å²) in [4.78, 5) is 69.8. The zero-order chi connectivity index (χ0) is 29.1. The third-order valence-corrected chi connectivity index (χ3v) is 8.52. The average molecular weight is 545 g/mol. The van der Waals surface area contributed by atoms with Crippen LogP contribution in [0.2, 0.25) is 0 Å². The molecule has 3 aliphatic carbocycles. The number of likely N-dealkylation sites (N-methyl/N-ethyl adjacent to an activating group) is 1. The number of benzene rings is 1. The predicted molar refractivity (Wildman–Crippen MR) is 140 cm³/mol. The molecule has 0 heterocycles. The molecule has 2 fully saturated rings. The summed E-state index contributed by atoms with van der Waals surface area (Å²) >= 11 is 0. The molecule has 12 heteroatoms. The molecule has 1 aromatic rings. The smallest absolute Gasteiger partial charge is 0.235 e. The van der Waals surface area contributed by atoms with Crippen LogP contribution in [-0.4, -0.2) is 102 Å². The molecule has 2 saturated carbocycles. The molecule has 0 aliphatic heterocycles. The van der Waals surface area contributed by atoms with E-state index in [1.165, 1.54) is 4.90 Å². The van der Waals surface area contributed by atoms with Crippen LogP contribution in [0.4, 0.5) is 11.4 Å². The molecule has 1 amide bonds. The molecule has 3 aliphatic rings. The van der Waals surface area contributed by atoms with Gasteiger partial charge in [-0.25, -0.2) is 0 Å². The van der Waals surface area contributed by atoms with Gasteiger partial charge in [-0.05, 0) is 50.9 Å². The third kappa shape index (κ3) is 4.21. The highest BCUT2D eigenvalue weighted by Crippen LogP contribution is 2.52. The first-order valence-electron chi connectivity index (χ1n) is 13.0. The highest BCUT2D eigenvalue weighted by Gasteiger charge is 2.69. The number of rotatable bonds is 7. The highest BCUT2D eigenvalue weighted by atomic mass is 16.3. The number of nitrogens with one attached hydrogen (secondary N) is 1. The van der Waals surface area contributed by atoms with Crippen LogP contribution in [0.1, 0.15) is 35.7 Å². The monoisotopic (exact) mass is 544 g/mol. The Balaban J connectivity index is 1.85. The van der Waals surface area contributed by atoms with Gasteiger partial charge in [0, 0.05) is 32.2 Å². The van der Waals surface area contributed by atoms with Crippen molar-refractivity contribution in [3.05, 3.63) is 17.2 Å². The summed E-state index contributed by atoms with van der Waals surface area (Å²) in [5.41, 5.74) is 3.80. The number of nitrogens with zero attached hydrogens (tertiary/aromatic N) is 2. The number of primary amides is 1. The normalized spacial score (nSPS) is 30.9. The van der Waals surface area contributed by atoms with E-state index < -0.39 is 76.2 Å². The molecule has 39 heavy (non-hydrogen) atoms. The van der Waals surface area contributed by atoms with Crippen LogP contribution in [0.25, 0.3) is 0 Å². The minimum absolute atomic E-state index is 0.0137. The number of phenols is 1. The molecule has 4 unspecified atom stereocenters. The molecule has 0 saturated heterocycles. The van der Waals surface area contributed by atoms with Gasteiger partial charge in [0.15, 0.2) is 34.7 Å². The van der Waals surface area contributed by atoms with Gasteiger partial charge in [-0.3, -0.25) is 28.9 Å². The van der Waals surface area contributed by atoms with Gasteiger partial charge in [-0.15, -0.1) is 0 Å². The Morgan fingerprint density at radius 1 is 1.18 bits per heavy atom. The second kappa shape index (κ2) is 10.00. The van der Waals surface area contributed by atoms with E-state index in [1.807, 2.05) is 0 Å². The maximum absolute atomic E-state index is 14.0. The molecule has 7 atom stereocenters. The van der Waals surface area contributed by atoms with Crippen molar-refractivity contribution in [2.45, 2.75) is 43.9 Å². The van der Waals surface area contributed by atoms with E-state index in [4.69, 9.17) is 5.73 Å². The molecular weight excluding hydrogens is 508 g/mol. The number of hydrogen-bond acceptors (Lipinski definition) is 11. The van der Waals surface area contributed by atoms with Crippen LogP contribution in [0.15, 0.2) is 6.07 Å². The summed E-state index contributed by atoms with van der Waals surface area (Å²) < 4.78 is 0. The molecule has 0 aromatic heterocycles. The van der Waals surface area contributed by atoms with Crippen molar-refractivity contribution in [3.63, 3.8) is 0 Å². The van der Waals surface area contributed by atoms with Crippen LogP contribution in [-0.2, 0) is 25.6 Å². The van der Waals surface area contributed by atoms with E-state index in [1.54, 1.807) is 46.1 Å². The Morgan fingerprint density at radius 3 is 2.36 bits per heavy atom. The second-order valence-corrected chi connectivity index (χ2v) is 11.3. The van der Waals surface area contributed by atoms with Crippen molar-refractivity contribution < 1.29 is 39.3 Å². The Labute approximate surface area is 226 Å². The van der Waals surface area contributed by atoms with Gasteiger partial charge in [0.25, 0.3) is 0 Å². The molecular formula is C27H36N4O8. The minimum atomic E-state index is -2.77. The number of aliphatic hydroxyl groups is 2. The third-order valence-electron chi connectivity index (χ3n) is 8.52. The van der Waals surface area contributed by atoms with Gasteiger partial charge in [-0.1, -0.05) is 6.92 Å². The number of Topliss-reactive ketones (excluding diaryl/α,β-unsaturated/α-hetero) is 4. The Kier molecular flexibility index (Phi) is 7.34. The van der Waals surface area contributed by atoms with Crippen molar-refractivity contribution in [2.75, 3.05) is 45.0 Å². The van der Waals surface area contributed by atoms with Gasteiger partial charge in [0.2, 0.25) is 5.91 Å². The molecule has 0 radical (unpaired) electrons. The minimum Gasteiger partial charge on any atom is -0.505 e. The summed E-state index contributed by atoms with van der Waals surface area (Å²) in [5.74, 6) is -10.9. The van der Waals surface area contributed by atoms with Crippen LogP contribution in [0, 0.1) is 23.7 Å². The highest BCUT2D eigenvalue weighted by molar-refractivity contribution is 6.32. The Morgan fingerprint density at radius 2 is 1.82 bits per heavy atom. The first-order valence-corrected chi connectivity index (χ1v) is 13.0. The second-order valence-electron chi connectivity index (χ2n) is 11.3. The van der Waals surface area contributed by atoms with E-state index in [2.05, 4.69) is 5.32 Å². The van der Waals surface area contributed by atoms with Crippen LogP contribution < -0.4 is 16.0 Å². The molecule has 0 bridgehead atoms. The number of carbonyl (C=O) groups is 5. The number of amides is 1. The van der Waals surface area contributed by atoms with Gasteiger partial charge in [-0.2, -0.15) is 0 Å². The van der Waals surface area contributed by atoms with Gasteiger partial charge in [0.1, 0.15) is 5.75 Å². The fourth-order valence-electron chi connectivity index (χ4n) is 6.56. The van der Waals surface area contributed by atoms with Crippen LogP contribution in [0.5, 0.6) is 5.75 Å². The number of aliphatic hydroxyl groups excluding tert-OH is 1. The van der Waals surface area contributed by atoms with Crippen LogP contribution in [0.3, 0.4) is 0 Å². The number of anilines is 2. The summed E-state index contributed by atoms with van der Waals surface area (Å²) in [5, 5.41) is 35.8. The Bertz CT molecular complexity index is 1260. The number of aromatic hydroxyl groups is 1. The van der Waals surface area contributed by atoms with E-state index in [0.29, 0.717) is 17.7 Å². The van der Waals surface area contributed by atoms with E-state index >= 15 is 0 Å². The van der Waals surface area contributed by atoms with E-state index in [-0.39, 0.29) is 30.6 Å². The molecule has 6 N–H and O–H groups in total. The lowest BCUT2D eigenvalue weighted by Crippen LogP contribution is -2.74. The maximum Gasteiger partial charge on any atom is 0.235 e. The maximum atomic E-state index is 14.0. The Hall–Kier alpha value is -3.35. The van der Waals surface area contributed by atoms with Gasteiger partial charge < -0.3 is 31.3 Å². The number of nitrogens with two attached hydrogens (primary N) is 1. The predicted octanol–water partition coefficient (Wildman–Crippen LogP) is -0.884. The number of hydrogen-bond donors (Lipinski definition) is 5. The lowest BCUT2D eigenvalue weighted by molar-refractivity contribution is -0.181. The van der Waals surface area contributed by atoms with Gasteiger partial charge >= 0.3 is 0 Å². The standard InChI is InChI=1S/C27H36N4O8/c1-6-12(32)10-29-15-9-16(30(2)3)13-7-11-8-14-20(31(4)5)23(35)19(26(28)38)25(37)27(14,39)24(36)17(11)22(34)18(13)21(15)33/h9,11-12,14,17,19-20,29,32-33,39H,6-8,10H2,1-5H3,(H2,28,38)/t11-,12?,14-,17?,19?,20?,27-/m0/s1. The summed E-state index contributed by atoms with van der Waals surface area (Å²) in [6.07, 6.45) is -0.0740. The summed E-state index contributed by atoms with van der Waals surface area (Å²) in [6.45, 7) is 1.91. The molecule has 12 nitrogen and oxygen atoms in total. The SMILES string of the molecule is CCC(O)CNc1cc(N(C)C)c2c(c1O)C(=O)C1C(=O)[C@]3(O)C(=O)C(C(N)=O)C(=O)C(N(C)C)[C@@H]3C[C@@H]1C2. The van der Waals surface area contributed by atoms with Crippen molar-refractivity contribution in [1.82, 2.24) is 4.90 Å². The quantitative estimate of drug-likeness (QED) is 0.211. The van der Waals surface area contributed by atoms with Gasteiger partial charge in [0.05, 0.1) is 29.3 Å². The number of carbonyl (C=O) groups excluding carboxylic acids is 5. The number of ketones is 4. The fraction of sp³-hybridized carbons (Fsp3) is 0.593. The zero-order valence-corrected chi connectivity index (χ0v) is 22.7. The van der Waals surface area contributed by atoms with Crippen LogP contribution >= 0.6 is 0 Å². The first kappa shape index (κ1) is 28.7. The molecule has 1 aromatic carbocycles.